The van der Waals surface area contributed by atoms with Gasteiger partial charge < -0.3 is 4.74 Å². The van der Waals surface area contributed by atoms with Gasteiger partial charge in [0.2, 0.25) is 0 Å². The number of nitrogens with two attached hydrogens (primary N) is 1. The van der Waals surface area contributed by atoms with Crippen LogP contribution in [-0.2, 0) is 0 Å². The zero-order valence-corrected chi connectivity index (χ0v) is 11.4. The Kier molecular flexibility index (Phi) is 4.56. The molecule has 0 amide bonds. The molecular weight excluding hydrogens is 256 g/mol. The summed E-state index contributed by atoms with van der Waals surface area (Å²) in [5.74, 6) is 9.33. The predicted octanol–water partition coefficient (Wildman–Crippen LogP) is 2.61. The van der Waals surface area contributed by atoms with Crippen LogP contribution in [0.4, 0.5) is 0 Å². The molecule has 17 heavy (non-hydrogen) atoms. The number of benzene rings is 1. The van der Waals surface area contributed by atoms with Crippen molar-refractivity contribution in [3.05, 3.63) is 28.8 Å². The molecule has 1 fully saturated rings. The van der Waals surface area contributed by atoms with Gasteiger partial charge >= 0.3 is 0 Å². The highest BCUT2D eigenvalue weighted by Crippen LogP contribution is 2.36. The minimum Gasteiger partial charge on any atom is -0.495 e. The van der Waals surface area contributed by atoms with Gasteiger partial charge in [0.25, 0.3) is 0 Å². The third-order valence-corrected chi connectivity index (χ3v) is 4.65. The summed E-state index contributed by atoms with van der Waals surface area (Å²) in [6.07, 6.45) is 1.20. The molecule has 0 saturated carbocycles. The van der Waals surface area contributed by atoms with Gasteiger partial charge in [-0.05, 0) is 41.5 Å². The SMILES string of the molecule is COc1cc(C(NN)C2CCSC2)ccc1Cl. The van der Waals surface area contributed by atoms with Gasteiger partial charge in [-0.25, -0.2) is 0 Å². The molecule has 1 aromatic rings. The Labute approximate surface area is 111 Å². The fourth-order valence-electron chi connectivity index (χ4n) is 2.19. The molecule has 2 unspecified atom stereocenters. The molecule has 0 aliphatic carbocycles. The standard InChI is InChI=1S/C12H17ClN2OS/c1-16-11-6-8(2-3-10(11)13)12(15-14)9-4-5-17-7-9/h2-3,6,9,12,15H,4-5,7,14H2,1H3. The minimum atomic E-state index is 0.177. The molecule has 1 aliphatic rings. The maximum absolute atomic E-state index is 6.02. The number of methoxy groups -OCH3 is 1. The fraction of sp³-hybridized carbons (Fsp3) is 0.500. The maximum Gasteiger partial charge on any atom is 0.137 e. The third-order valence-electron chi connectivity index (χ3n) is 3.15. The van der Waals surface area contributed by atoms with Crippen LogP contribution in [-0.4, -0.2) is 18.6 Å². The van der Waals surface area contributed by atoms with E-state index in [1.807, 2.05) is 30.0 Å². The monoisotopic (exact) mass is 272 g/mol. The van der Waals surface area contributed by atoms with Crippen LogP contribution in [0.3, 0.4) is 0 Å². The van der Waals surface area contributed by atoms with E-state index in [9.17, 15) is 0 Å². The summed E-state index contributed by atoms with van der Waals surface area (Å²) in [5.41, 5.74) is 4.06. The van der Waals surface area contributed by atoms with E-state index >= 15 is 0 Å². The maximum atomic E-state index is 6.02. The zero-order valence-electron chi connectivity index (χ0n) is 9.78. The number of thioether (sulfide) groups is 1. The van der Waals surface area contributed by atoms with E-state index in [0.717, 1.165) is 11.3 Å². The first kappa shape index (κ1) is 13.0. The second kappa shape index (κ2) is 5.96. The molecule has 0 bridgehead atoms. The molecule has 3 nitrogen and oxygen atoms in total. The van der Waals surface area contributed by atoms with Gasteiger partial charge in [-0.2, -0.15) is 11.8 Å². The smallest absolute Gasteiger partial charge is 0.137 e. The Bertz CT molecular complexity index is 383. The number of halogens is 1. The summed E-state index contributed by atoms with van der Waals surface area (Å²) < 4.78 is 5.24. The number of rotatable bonds is 4. The second-order valence-electron chi connectivity index (χ2n) is 4.16. The lowest BCUT2D eigenvalue weighted by Crippen LogP contribution is -2.33. The van der Waals surface area contributed by atoms with Crippen LogP contribution in [0.2, 0.25) is 5.02 Å². The Hall–Kier alpha value is -0.420. The lowest BCUT2D eigenvalue weighted by molar-refractivity contribution is 0.392. The Morgan fingerprint density at radius 1 is 1.59 bits per heavy atom. The highest BCUT2D eigenvalue weighted by atomic mass is 35.5. The van der Waals surface area contributed by atoms with Crippen molar-refractivity contribution in [3.8, 4) is 5.75 Å². The largest absolute Gasteiger partial charge is 0.495 e. The van der Waals surface area contributed by atoms with Crippen molar-refractivity contribution in [1.29, 1.82) is 0 Å². The molecule has 1 saturated heterocycles. The van der Waals surface area contributed by atoms with Crippen LogP contribution in [0.25, 0.3) is 0 Å². The van der Waals surface area contributed by atoms with Crippen LogP contribution in [0.5, 0.6) is 5.75 Å². The van der Waals surface area contributed by atoms with E-state index < -0.39 is 0 Å². The van der Waals surface area contributed by atoms with E-state index in [1.165, 1.54) is 12.2 Å². The average Bonchev–Trinajstić information content (AvgIpc) is 2.86. The third kappa shape index (κ3) is 2.88. The number of hydrazine groups is 1. The Morgan fingerprint density at radius 2 is 2.41 bits per heavy atom. The lowest BCUT2D eigenvalue weighted by Gasteiger charge is -2.23. The fourth-order valence-corrected chi connectivity index (χ4v) is 3.68. The van der Waals surface area contributed by atoms with Crippen LogP contribution in [0, 0.1) is 5.92 Å². The average molecular weight is 273 g/mol. The Balaban J connectivity index is 2.23. The molecule has 1 aliphatic heterocycles. The summed E-state index contributed by atoms with van der Waals surface area (Å²) in [5, 5.41) is 0.632. The summed E-state index contributed by atoms with van der Waals surface area (Å²) in [4.78, 5) is 0. The zero-order chi connectivity index (χ0) is 12.3. The van der Waals surface area contributed by atoms with Gasteiger partial charge in [-0.15, -0.1) is 0 Å². The van der Waals surface area contributed by atoms with Crippen LogP contribution in [0.15, 0.2) is 18.2 Å². The van der Waals surface area contributed by atoms with Crippen molar-refractivity contribution in [2.45, 2.75) is 12.5 Å². The van der Waals surface area contributed by atoms with Crippen LogP contribution >= 0.6 is 23.4 Å². The highest BCUT2D eigenvalue weighted by Gasteiger charge is 2.26. The molecule has 3 N–H and O–H groups in total. The van der Waals surface area contributed by atoms with E-state index in [1.54, 1.807) is 7.11 Å². The summed E-state index contributed by atoms with van der Waals surface area (Å²) in [7, 11) is 1.63. The summed E-state index contributed by atoms with van der Waals surface area (Å²) in [6, 6.07) is 6.02. The first-order chi connectivity index (χ1) is 8.26. The predicted molar refractivity (Wildman–Crippen MR) is 73.5 cm³/mol. The molecule has 1 heterocycles. The molecular formula is C12H17ClN2OS. The van der Waals surface area contributed by atoms with Crippen molar-refractivity contribution >= 4 is 23.4 Å². The van der Waals surface area contributed by atoms with Crippen molar-refractivity contribution < 1.29 is 4.74 Å². The summed E-state index contributed by atoms with van der Waals surface area (Å²) in [6.45, 7) is 0. The number of hydrogen-bond acceptors (Lipinski definition) is 4. The van der Waals surface area contributed by atoms with E-state index in [4.69, 9.17) is 22.2 Å². The van der Waals surface area contributed by atoms with E-state index in [-0.39, 0.29) is 6.04 Å². The lowest BCUT2D eigenvalue weighted by atomic mass is 9.93. The van der Waals surface area contributed by atoms with E-state index in [0.29, 0.717) is 16.7 Å². The van der Waals surface area contributed by atoms with Gasteiger partial charge in [-0.1, -0.05) is 17.7 Å². The van der Waals surface area contributed by atoms with Gasteiger partial charge in [-0.3, -0.25) is 11.3 Å². The van der Waals surface area contributed by atoms with Crippen LogP contribution in [0.1, 0.15) is 18.0 Å². The van der Waals surface area contributed by atoms with Crippen molar-refractivity contribution in [2.24, 2.45) is 11.8 Å². The quantitative estimate of drug-likeness (QED) is 0.653. The first-order valence-corrected chi connectivity index (χ1v) is 7.17. The van der Waals surface area contributed by atoms with Gasteiger partial charge in [0.1, 0.15) is 5.75 Å². The van der Waals surface area contributed by atoms with Gasteiger partial charge in [0.05, 0.1) is 12.1 Å². The molecule has 2 rings (SSSR count). The number of ether oxygens (including phenoxy) is 1. The first-order valence-electron chi connectivity index (χ1n) is 5.63. The van der Waals surface area contributed by atoms with Crippen molar-refractivity contribution in [2.75, 3.05) is 18.6 Å². The number of hydrogen-bond donors (Lipinski definition) is 2. The van der Waals surface area contributed by atoms with Crippen molar-refractivity contribution in [1.82, 2.24) is 5.43 Å². The Morgan fingerprint density at radius 3 is 3.00 bits per heavy atom. The topological polar surface area (TPSA) is 47.3 Å². The van der Waals surface area contributed by atoms with Crippen molar-refractivity contribution in [3.63, 3.8) is 0 Å². The molecule has 2 atom stereocenters. The molecule has 5 heteroatoms. The normalized spacial score (nSPS) is 21.5. The molecule has 1 aromatic carbocycles. The van der Waals surface area contributed by atoms with E-state index in [2.05, 4.69) is 5.43 Å². The molecule has 94 valence electrons. The molecule has 0 radical (unpaired) electrons. The highest BCUT2D eigenvalue weighted by molar-refractivity contribution is 7.99. The summed E-state index contributed by atoms with van der Waals surface area (Å²) >= 11 is 8.00. The van der Waals surface area contributed by atoms with Gasteiger partial charge in [0, 0.05) is 6.04 Å². The molecule has 0 spiro atoms. The number of nitrogens with one attached hydrogen (secondary N) is 1. The molecule has 0 aromatic heterocycles. The minimum absolute atomic E-state index is 0.177. The van der Waals surface area contributed by atoms with Gasteiger partial charge in [0.15, 0.2) is 0 Å². The van der Waals surface area contributed by atoms with Crippen LogP contribution < -0.4 is 16.0 Å². The second-order valence-corrected chi connectivity index (χ2v) is 5.72.